The molecule has 10 heteroatoms. The maximum atomic E-state index is 12.9. The Morgan fingerprint density at radius 2 is 1.89 bits per heavy atom. The van der Waals surface area contributed by atoms with Crippen molar-refractivity contribution in [2.45, 2.75) is 13.5 Å². The van der Waals surface area contributed by atoms with Crippen molar-refractivity contribution >= 4 is 68.1 Å². The first-order valence-corrected chi connectivity index (χ1v) is 13.1. The average Bonchev–Trinajstić information content (AvgIpc) is 3.13. The Morgan fingerprint density at radius 1 is 1.14 bits per heavy atom. The summed E-state index contributed by atoms with van der Waals surface area (Å²) in [5.74, 6) is -0.0673. The first kappa shape index (κ1) is 26.8. The molecular formula is C27H22BrClN2O5S. The van der Waals surface area contributed by atoms with E-state index in [9.17, 15) is 14.4 Å². The van der Waals surface area contributed by atoms with Gasteiger partial charge >= 0.3 is 0 Å². The molecule has 1 saturated heterocycles. The topological polar surface area (TPSA) is 84.9 Å². The molecule has 3 amide bonds. The number of halogens is 2. The number of hydrogen-bond donors (Lipinski definition) is 1. The van der Waals surface area contributed by atoms with Crippen molar-refractivity contribution in [3.8, 4) is 11.5 Å². The molecular weight excluding hydrogens is 580 g/mol. The van der Waals surface area contributed by atoms with Gasteiger partial charge in [-0.05, 0) is 81.6 Å². The smallest absolute Gasteiger partial charge is 0.294 e. The molecule has 0 spiro atoms. The van der Waals surface area contributed by atoms with Gasteiger partial charge in [-0.1, -0.05) is 48.0 Å². The minimum absolute atomic E-state index is 0.198. The van der Waals surface area contributed by atoms with Gasteiger partial charge in [0.25, 0.3) is 11.1 Å². The Balaban J connectivity index is 1.47. The summed E-state index contributed by atoms with van der Waals surface area (Å²) in [6.07, 6.45) is 1.58. The van der Waals surface area contributed by atoms with Gasteiger partial charge in [0.15, 0.2) is 11.5 Å². The SMILES string of the molecule is COc1cc(/C=C2/SC(=O)N(CC(=O)Nc3cc(Cl)ccc3C)C2=O)cc(Br)c1OCc1ccccc1. The van der Waals surface area contributed by atoms with Crippen molar-refractivity contribution in [3.05, 3.63) is 91.8 Å². The van der Waals surface area contributed by atoms with E-state index in [1.165, 1.54) is 7.11 Å². The molecule has 1 aliphatic rings. The number of thioether (sulfide) groups is 1. The molecule has 0 aromatic heterocycles. The molecule has 1 N–H and O–H groups in total. The molecule has 0 bridgehead atoms. The number of methoxy groups -OCH3 is 1. The molecule has 4 rings (SSSR count). The lowest BCUT2D eigenvalue weighted by Crippen LogP contribution is -2.36. The van der Waals surface area contributed by atoms with Crippen molar-refractivity contribution in [2.75, 3.05) is 19.0 Å². The summed E-state index contributed by atoms with van der Waals surface area (Å²) in [5, 5.41) is 2.64. The van der Waals surface area contributed by atoms with E-state index in [0.717, 1.165) is 27.8 Å². The normalized spacial score (nSPS) is 14.3. The first-order chi connectivity index (χ1) is 17.7. The molecule has 37 heavy (non-hydrogen) atoms. The number of imide groups is 1. The Morgan fingerprint density at radius 3 is 2.62 bits per heavy atom. The van der Waals surface area contributed by atoms with Gasteiger partial charge in [-0.3, -0.25) is 19.3 Å². The predicted molar refractivity (Wildman–Crippen MR) is 149 cm³/mol. The van der Waals surface area contributed by atoms with Crippen LogP contribution in [0.1, 0.15) is 16.7 Å². The van der Waals surface area contributed by atoms with Crippen LogP contribution in [-0.4, -0.2) is 35.6 Å². The maximum absolute atomic E-state index is 12.9. The van der Waals surface area contributed by atoms with Gasteiger partial charge in [-0.15, -0.1) is 0 Å². The molecule has 1 fully saturated rings. The number of amides is 3. The van der Waals surface area contributed by atoms with Gasteiger partial charge in [-0.25, -0.2) is 0 Å². The number of carbonyl (C=O) groups is 3. The minimum atomic E-state index is -0.549. The van der Waals surface area contributed by atoms with Gasteiger partial charge in [0.05, 0.1) is 16.5 Å². The number of carbonyl (C=O) groups excluding carboxylic acids is 3. The summed E-state index contributed by atoms with van der Waals surface area (Å²) in [4.78, 5) is 39.1. The van der Waals surface area contributed by atoms with Crippen LogP contribution in [0.25, 0.3) is 6.08 Å². The fourth-order valence-electron chi connectivity index (χ4n) is 3.54. The molecule has 0 radical (unpaired) electrons. The lowest BCUT2D eigenvalue weighted by atomic mass is 10.1. The monoisotopic (exact) mass is 600 g/mol. The highest BCUT2D eigenvalue weighted by atomic mass is 79.9. The van der Waals surface area contributed by atoms with Crippen LogP contribution in [-0.2, 0) is 16.2 Å². The molecule has 7 nitrogen and oxygen atoms in total. The van der Waals surface area contributed by atoms with Gasteiger partial charge in [-0.2, -0.15) is 0 Å². The van der Waals surface area contributed by atoms with Crippen LogP contribution in [0.5, 0.6) is 11.5 Å². The number of ether oxygens (including phenoxy) is 2. The van der Waals surface area contributed by atoms with E-state index < -0.39 is 23.6 Å². The third-order valence-corrected chi connectivity index (χ3v) is 7.16. The molecule has 1 aliphatic heterocycles. The zero-order chi connectivity index (χ0) is 26.5. The number of nitrogens with one attached hydrogen (secondary N) is 1. The number of nitrogens with zero attached hydrogens (tertiary/aromatic N) is 1. The summed E-state index contributed by atoms with van der Waals surface area (Å²) >= 11 is 10.3. The highest BCUT2D eigenvalue weighted by Crippen LogP contribution is 2.39. The van der Waals surface area contributed by atoms with E-state index in [-0.39, 0.29) is 4.91 Å². The van der Waals surface area contributed by atoms with E-state index in [0.29, 0.717) is 38.9 Å². The third kappa shape index (κ3) is 6.54. The van der Waals surface area contributed by atoms with Crippen LogP contribution in [0.15, 0.2) is 70.0 Å². The lowest BCUT2D eigenvalue weighted by Gasteiger charge is -2.14. The number of hydrogen-bond acceptors (Lipinski definition) is 6. The molecule has 0 atom stereocenters. The molecule has 3 aromatic carbocycles. The van der Waals surface area contributed by atoms with Gasteiger partial charge in [0, 0.05) is 10.7 Å². The van der Waals surface area contributed by atoms with Crippen LogP contribution in [0.3, 0.4) is 0 Å². The molecule has 0 aliphatic carbocycles. The second-order valence-corrected chi connectivity index (χ2v) is 10.4. The summed E-state index contributed by atoms with van der Waals surface area (Å²) < 4.78 is 12.1. The van der Waals surface area contributed by atoms with Crippen molar-refractivity contribution < 1.29 is 23.9 Å². The van der Waals surface area contributed by atoms with Crippen molar-refractivity contribution in [1.82, 2.24) is 4.90 Å². The van der Waals surface area contributed by atoms with Gasteiger partial charge in [0.1, 0.15) is 13.2 Å². The Bertz CT molecular complexity index is 1400. The standard InChI is InChI=1S/C27H22BrClN2O5S/c1-16-8-9-19(29)13-21(16)30-24(32)14-31-26(33)23(37-27(31)34)12-18-10-20(28)25(22(11-18)35-2)36-15-17-6-4-3-5-7-17/h3-13H,14-15H2,1-2H3,(H,30,32)/b23-12+. The fourth-order valence-corrected chi connectivity index (χ4v) is 5.13. The summed E-state index contributed by atoms with van der Waals surface area (Å²) in [6.45, 7) is 1.76. The van der Waals surface area contributed by atoms with E-state index in [2.05, 4.69) is 21.2 Å². The molecule has 3 aromatic rings. The zero-order valence-corrected chi connectivity index (χ0v) is 23.1. The Labute approximate surface area is 231 Å². The van der Waals surface area contributed by atoms with Crippen molar-refractivity contribution in [1.29, 1.82) is 0 Å². The summed E-state index contributed by atoms with van der Waals surface area (Å²) in [5.41, 5.74) is 2.96. The van der Waals surface area contributed by atoms with Crippen LogP contribution in [0.4, 0.5) is 10.5 Å². The van der Waals surface area contributed by atoms with E-state index in [4.69, 9.17) is 21.1 Å². The molecule has 0 saturated carbocycles. The summed E-state index contributed by atoms with van der Waals surface area (Å²) in [7, 11) is 1.52. The van der Waals surface area contributed by atoms with Gasteiger partial charge < -0.3 is 14.8 Å². The number of rotatable bonds is 8. The Kier molecular flexibility index (Phi) is 8.58. The number of anilines is 1. The van der Waals surface area contributed by atoms with Crippen LogP contribution < -0.4 is 14.8 Å². The summed E-state index contributed by atoms with van der Waals surface area (Å²) in [6, 6.07) is 18.3. The van der Waals surface area contributed by atoms with E-state index >= 15 is 0 Å². The largest absolute Gasteiger partial charge is 0.493 e. The van der Waals surface area contributed by atoms with Crippen LogP contribution >= 0.6 is 39.3 Å². The highest BCUT2D eigenvalue weighted by molar-refractivity contribution is 9.10. The quantitative estimate of drug-likeness (QED) is 0.290. The fraction of sp³-hybridized carbons (Fsp3) is 0.148. The van der Waals surface area contributed by atoms with E-state index in [1.54, 1.807) is 36.4 Å². The van der Waals surface area contributed by atoms with Crippen molar-refractivity contribution in [3.63, 3.8) is 0 Å². The minimum Gasteiger partial charge on any atom is -0.493 e. The third-order valence-electron chi connectivity index (χ3n) is 5.42. The second kappa shape index (κ2) is 11.9. The average molecular weight is 602 g/mol. The molecule has 190 valence electrons. The van der Waals surface area contributed by atoms with Crippen molar-refractivity contribution in [2.24, 2.45) is 0 Å². The van der Waals surface area contributed by atoms with Gasteiger partial charge in [0.2, 0.25) is 5.91 Å². The maximum Gasteiger partial charge on any atom is 0.294 e. The first-order valence-electron chi connectivity index (χ1n) is 11.1. The lowest BCUT2D eigenvalue weighted by molar-refractivity contribution is -0.127. The molecule has 1 heterocycles. The second-order valence-electron chi connectivity index (χ2n) is 8.08. The highest BCUT2D eigenvalue weighted by Gasteiger charge is 2.36. The van der Waals surface area contributed by atoms with E-state index in [1.807, 2.05) is 37.3 Å². The van der Waals surface area contributed by atoms with Crippen LogP contribution in [0.2, 0.25) is 5.02 Å². The number of benzene rings is 3. The Hall–Kier alpha value is -3.27. The predicted octanol–water partition coefficient (Wildman–Crippen LogP) is 6.67. The zero-order valence-electron chi connectivity index (χ0n) is 19.9. The molecule has 0 unspecified atom stereocenters. The number of aryl methyl sites for hydroxylation is 1. The van der Waals surface area contributed by atoms with Crippen LogP contribution in [0, 0.1) is 6.92 Å².